The van der Waals surface area contributed by atoms with Crippen LogP contribution in [0.25, 0.3) is 5.70 Å². The highest BCUT2D eigenvalue weighted by Crippen LogP contribution is 2.25. The average molecular weight is 423 g/mol. The molecule has 31 heavy (non-hydrogen) atoms. The van der Waals surface area contributed by atoms with Crippen LogP contribution in [0.2, 0.25) is 0 Å². The number of aromatic nitrogens is 3. The number of nitrogens with two attached hydrogens (primary N) is 1. The van der Waals surface area contributed by atoms with E-state index in [-0.39, 0.29) is 5.41 Å². The third-order valence-corrected chi connectivity index (χ3v) is 5.06. The topological polar surface area (TPSA) is 104 Å². The SMILES string of the molecule is C=C=C(N)c1ccc(C)c(Nc2nc(N[C@@H]3CCNC3)nc(N(C)CC(C)(C)C)n2)c1. The van der Waals surface area contributed by atoms with Crippen molar-refractivity contribution < 1.29 is 0 Å². The fourth-order valence-electron chi connectivity index (χ4n) is 3.55. The van der Waals surface area contributed by atoms with Crippen molar-refractivity contribution in [3.8, 4) is 0 Å². The van der Waals surface area contributed by atoms with Gasteiger partial charge in [0.25, 0.3) is 0 Å². The Bertz CT molecular complexity index is 966. The van der Waals surface area contributed by atoms with E-state index in [4.69, 9.17) is 10.7 Å². The molecule has 8 heteroatoms. The molecule has 0 unspecified atom stereocenters. The van der Waals surface area contributed by atoms with E-state index in [1.165, 1.54) is 0 Å². The molecule has 0 saturated carbocycles. The standard InChI is InChI=1S/C23H34N8/c1-7-18(24)16-9-8-15(2)19(12-16)27-21-28-20(26-17-10-11-25-13-17)29-22(30-21)31(6)14-23(3,4)5/h8-9,12,17,25H,1,10-11,13-14,24H2,2-6H3,(H2,26,27,28,29,30)/t17-/m1/s1. The lowest BCUT2D eigenvalue weighted by molar-refractivity contribution is 0.416. The molecular weight excluding hydrogens is 388 g/mol. The van der Waals surface area contributed by atoms with Crippen LogP contribution in [0.5, 0.6) is 0 Å². The lowest BCUT2D eigenvalue weighted by Gasteiger charge is -2.27. The summed E-state index contributed by atoms with van der Waals surface area (Å²) in [7, 11) is 2.01. The van der Waals surface area contributed by atoms with E-state index >= 15 is 0 Å². The molecule has 0 aliphatic carbocycles. The third kappa shape index (κ3) is 6.20. The van der Waals surface area contributed by atoms with E-state index in [0.29, 0.717) is 29.6 Å². The van der Waals surface area contributed by atoms with Gasteiger partial charge >= 0.3 is 0 Å². The van der Waals surface area contributed by atoms with Crippen molar-refractivity contribution in [1.82, 2.24) is 20.3 Å². The molecule has 0 bridgehead atoms. The first-order valence-corrected chi connectivity index (χ1v) is 10.6. The zero-order chi connectivity index (χ0) is 22.6. The Morgan fingerprint density at radius 3 is 2.68 bits per heavy atom. The summed E-state index contributed by atoms with van der Waals surface area (Å²) in [4.78, 5) is 16.1. The number of hydrogen-bond acceptors (Lipinski definition) is 8. The number of nitrogens with zero attached hydrogens (tertiary/aromatic N) is 4. The smallest absolute Gasteiger partial charge is 0.233 e. The second kappa shape index (κ2) is 9.37. The Hall–Kier alpha value is -3.09. The van der Waals surface area contributed by atoms with Gasteiger partial charge in [-0.25, -0.2) is 0 Å². The van der Waals surface area contributed by atoms with Crippen LogP contribution in [0.4, 0.5) is 23.5 Å². The van der Waals surface area contributed by atoms with E-state index in [2.05, 4.69) is 63.9 Å². The Balaban J connectivity index is 1.94. The van der Waals surface area contributed by atoms with E-state index in [0.717, 1.165) is 42.9 Å². The van der Waals surface area contributed by atoms with Crippen molar-refractivity contribution in [2.75, 3.05) is 42.2 Å². The second-order valence-electron chi connectivity index (χ2n) is 9.28. The zero-order valence-corrected chi connectivity index (χ0v) is 19.2. The summed E-state index contributed by atoms with van der Waals surface area (Å²) in [6.45, 7) is 15.0. The monoisotopic (exact) mass is 422 g/mol. The second-order valence-corrected chi connectivity index (χ2v) is 9.28. The molecule has 2 aromatic rings. The molecule has 1 aromatic carbocycles. The quantitative estimate of drug-likeness (QED) is 0.504. The molecule has 3 rings (SSSR count). The number of anilines is 4. The molecule has 1 atom stereocenters. The maximum absolute atomic E-state index is 6.00. The van der Waals surface area contributed by atoms with E-state index in [1.54, 1.807) is 0 Å². The van der Waals surface area contributed by atoms with Gasteiger partial charge in [-0.05, 0) is 36.9 Å². The summed E-state index contributed by atoms with van der Waals surface area (Å²) in [6, 6.07) is 6.21. The first kappa shape index (κ1) is 22.6. The van der Waals surface area contributed by atoms with Crippen molar-refractivity contribution >= 4 is 29.2 Å². The summed E-state index contributed by atoms with van der Waals surface area (Å²) in [5.41, 5.74) is 12.1. The van der Waals surface area contributed by atoms with Crippen LogP contribution >= 0.6 is 0 Å². The molecule has 8 nitrogen and oxygen atoms in total. The van der Waals surface area contributed by atoms with Crippen LogP contribution in [-0.2, 0) is 0 Å². The lowest BCUT2D eigenvalue weighted by Crippen LogP contribution is -2.31. The number of aryl methyl sites for hydroxylation is 1. The van der Waals surface area contributed by atoms with Gasteiger partial charge < -0.3 is 26.6 Å². The van der Waals surface area contributed by atoms with E-state index in [9.17, 15) is 0 Å². The molecule has 1 aliphatic heterocycles. The van der Waals surface area contributed by atoms with Gasteiger partial charge in [0, 0.05) is 37.4 Å². The summed E-state index contributed by atoms with van der Waals surface area (Å²) < 4.78 is 0. The van der Waals surface area contributed by atoms with Crippen molar-refractivity contribution in [3.63, 3.8) is 0 Å². The highest BCUT2D eigenvalue weighted by atomic mass is 15.3. The van der Waals surface area contributed by atoms with Gasteiger partial charge in [-0.1, -0.05) is 39.5 Å². The van der Waals surface area contributed by atoms with Crippen molar-refractivity contribution in [2.45, 2.75) is 40.2 Å². The van der Waals surface area contributed by atoms with Crippen LogP contribution in [0.1, 0.15) is 38.3 Å². The largest absolute Gasteiger partial charge is 0.392 e. The lowest BCUT2D eigenvalue weighted by atomic mass is 9.96. The van der Waals surface area contributed by atoms with Crippen LogP contribution in [0.15, 0.2) is 30.5 Å². The van der Waals surface area contributed by atoms with Crippen LogP contribution in [-0.4, -0.2) is 47.7 Å². The number of rotatable bonds is 7. The van der Waals surface area contributed by atoms with Gasteiger partial charge in [0.15, 0.2) is 0 Å². The molecule has 1 aromatic heterocycles. The molecule has 0 amide bonds. The molecule has 1 fully saturated rings. The number of nitrogens with one attached hydrogen (secondary N) is 3. The Labute approximate surface area is 185 Å². The molecule has 5 N–H and O–H groups in total. The molecule has 1 aliphatic rings. The first-order valence-electron chi connectivity index (χ1n) is 10.6. The summed E-state index contributed by atoms with van der Waals surface area (Å²) in [5.74, 6) is 1.68. The molecule has 0 spiro atoms. The summed E-state index contributed by atoms with van der Waals surface area (Å²) in [6.07, 6.45) is 1.04. The van der Waals surface area contributed by atoms with E-state index in [1.807, 2.05) is 32.2 Å². The normalized spacial score (nSPS) is 16.0. The molecule has 2 heterocycles. The molecular formula is C23H34N8. The van der Waals surface area contributed by atoms with Gasteiger partial charge in [-0.2, -0.15) is 15.0 Å². The van der Waals surface area contributed by atoms with E-state index < -0.39 is 0 Å². The maximum atomic E-state index is 6.00. The highest BCUT2D eigenvalue weighted by Gasteiger charge is 2.20. The Morgan fingerprint density at radius 2 is 2.03 bits per heavy atom. The molecule has 0 radical (unpaired) electrons. The fourth-order valence-corrected chi connectivity index (χ4v) is 3.55. The third-order valence-electron chi connectivity index (χ3n) is 5.06. The van der Waals surface area contributed by atoms with Crippen LogP contribution in [0.3, 0.4) is 0 Å². The van der Waals surface area contributed by atoms with Crippen molar-refractivity contribution in [1.29, 1.82) is 0 Å². The Kier molecular flexibility index (Phi) is 6.83. The average Bonchev–Trinajstić information content (AvgIpc) is 3.20. The van der Waals surface area contributed by atoms with Gasteiger partial charge in [-0.3, -0.25) is 0 Å². The van der Waals surface area contributed by atoms with Crippen LogP contribution < -0.4 is 26.6 Å². The number of hydrogen-bond donors (Lipinski definition) is 4. The van der Waals surface area contributed by atoms with Gasteiger partial charge in [0.2, 0.25) is 17.8 Å². The van der Waals surface area contributed by atoms with Gasteiger partial charge in [0.1, 0.15) is 0 Å². The maximum Gasteiger partial charge on any atom is 0.233 e. The van der Waals surface area contributed by atoms with Crippen molar-refractivity contribution in [3.05, 3.63) is 41.6 Å². The predicted molar refractivity (Wildman–Crippen MR) is 129 cm³/mol. The minimum absolute atomic E-state index is 0.109. The minimum Gasteiger partial charge on any atom is -0.392 e. The van der Waals surface area contributed by atoms with Gasteiger partial charge in [0.05, 0.1) is 5.70 Å². The predicted octanol–water partition coefficient (Wildman–Crippen LogP) is 3.26. The van der Waals surface area contributed by atoms with Gasteiger partial charge in [-0.15, -0.1) is 5.73 Å². The summed E-state index contributed by atoms with van der Waals surface area (Å²) in [5, 5.41) is 10.2. The zero-order valence-electron chi connectivity index (χ0n) is 19.2. The molecule has 1 saturated heterocycles. The molecule has 166 valence electrons. The number of benzene rings is 1. The highest BCUT2D eigenvalue weighted by molar-refractivity contribution is 5.70. The minimum atomic E-state index is 0.109. The fraction of sp³-hybridized carbons (Fsp3) is 0.478. The Morgan fingerprint density at radius 1 is 1.29 bits per heavy atom. The first-order chi connectivity index (χ1) is 14.6. The van der Waals surface area contributed by atoms with Crippen molar-refractivity contribution in [2.24, 2.45) is 11.1 Å². The van der Waals surface area contributed by atoms with Crippen LogP contribution in [0, 0.1) is 12.3 Å². The summed E-state index contributed by atoms with van der Waals surface area (Å²) >= 11 is 0.